The summed E-state index contributed by atoms with van der Waals surface area (Å²) in [6.07, 6.45) is 1.28. The van der Waals surface area contributed by atoms with Crippen molar-refractivity contribution in [1.82, 2.24) is 4.57 Å². The first-order valence-corrected chi connectivity index (χ1v) is 7.14. The highest BCUT2D eigenvalue weighted by Gasteiger charge is 2.21. The van der Waals surface area contributed by atoms with E-state index >= 15 is 0 Å². The molecular formula is C12H21NSi. The second kappa shape index (κ2) is 5.32. The predicted molar refractivity (Wildman–Crippen MR) is 66.6 cm³/mol. The van der Waals surface area contributed by atoms with E-state index in [2.05, 4.69) is 62.8 Å². The van der Waals surface area contributed by atoms with Crippen LogP contribution in [0.3, 0.4) is 0 Å². The molecule has 0 aliphatic carbocycles. The van der Waals surface area contributed by atoms with Crippen molar-refractivity contribution in [3.05, 3.63) is 30.3 Å². The van der Waals surface area contributed by atoms with Gasteiger partial charge in [-0.3, -0.25) is 0 Å². The SMILES string of the molecule is CCC(C)[SiH](c1ccccc1)N(C)C. The largest absolute Gasteiger partial charge is 0.328 e. The molecular weight excluding hydrogens is 186 g/mol. The summed E-state index contributed by atoms with van der Waals surface area (Å²) in [6.45, 7) is 4.67. The van der Waals surface area contributed by atoms with Crippen LogP contribution in [0.4, 0.5) is 0 Å². The molecule has 2 unspecified atom stereocenters. The third-order valence-corrected chi connectivity index (χ3v) is 6.61. The lowest BCUT2D eigenvalue weighted by molar-refractivity contribution is 0.620. The molecule has 0 amide bonds. The predicted octanol–water partition coefficient (Wildman–Crippen LogP) is 1.98. The van der Waals surface area contributed by atoms with Gasteiger partial charge in [0.15, 0.2) is 0 Å². The number of nitrogens with zero attached hydrogens (tertiary/aromatic N) is 1. The van der Waals surface area contributed by atoms with Crippen LogP contribution in [0.15, 0.2) is 30.3 Å². The average Bonchev–Trinajstić information content (AvgIpc) is 2.19. The Bertz CT molecular complexity index is 258. The molecule has 2 heteroatoms. The van der Waals surface area contributed by atoms with Gasteiger partial charge in [-0.2, -0.15) is 0 Å². The van der Waals surface area contributed by atoms with Crippen molar-refractivity contribution in [2.75, 3.05) is 14.1 Å². The second-order valence-electron chi connectivity index (χ2n) is 4.20. The summed E-state index contributed by atoms with van der Waals surface area (Å²) in [5.41, 5.74) is 0.840. The van der Waals surface area contributed by atoms with E-state index in [-0.39, 0.29) is 0 Å². The van der Waals surface area contributed by atoms with Crippen molar-refractivity contribution >= 4 is 14.1 Å². The molecule has 0 heterocycles. The zero-order chi connectivity index (χ0) is 10.6. The minimum atomic E-state index is -0.926. The van der Waals surface area contributed by atoms with Gasteiger partial charge in [0, 0.05) is 0 Å². The van der Waals surface area contributed by atoms with Gasteiger partial charge in [-0.05, 0) is 24.8 Å². The van der Waals surface area contributed by atoms with Gasteiger partial charge in [-0.15, -0.1) is 0 Å². The van der Waals surface area contributed by atoms with E-state index in [1.165, 1.54) is 6.42 Å². The lowest BCUT2D eigenvalue weighted by Crippen LogP contribution is -2.46. The van der Waals surface area contributed by atoms with Gasteiger partial charge in [0.2, 0.25) is 0 Å². The first-order valence-electron chi connectivity index (χ1n) is 5.38. The maximum atomic E-state index is 2.45. The van der Waals surface area contributed by atoms with Crippen molar-refractivity contribution in [3.8, 4) is 0 Å². The maximum Gasteiger partial charge on any atom is 0.146 e. The zero-order valence-corrected chi connectivity index (χ0v) is 10.9. The summed E-state index contributed by atoms with van der Waals surface area (Å²) in [7, 11) is 3.51. The van der Waals surface area contributed by atoms with E-state index < -0.39 is 8.96 Å². The molecule has 0 aliphatic rings. The normalized spacial score (nSPS) is 15.5. The Hall–Kier alpha value is -0.603. The van der Waals surface area contributed by atoms with Crippen molar-refractivity contribution in [3.63, 3.8) is 0 Å². The molecule has 0 saturated carbocycles. The van der Waals surface area contributed by atoms with Gasteiger partial charge in [-0.1, -0.05) is 50.6 Å². The van der Waals surface area contributed by atoms with E-state index in [4.69, 9.17) is 0 Å². The van der Waals surface area contributed by atoms with Crippen molar-refractivity contribution in [2.24, 2.45) is 0 Å². The first-order chi connectivity index (χ1) is 6.66. The van der Waals surface area contributed by atoms with Gasteiger partial charge < -0.3 is 4.57 Å². The third kappa shape index (κ3) is 2.69. The summed E-state index contributed by atoms with van der Waals surface area (Å²) in [4.78, 5) is 0. The molecule has 78 valence electrons. The van der Waals surface area contributed by atoms with E-state index in [1.54, 1.807) is 5.19 Å². The van der Waals surface area contributed by atoms with Crippen LogP contribution in [0.2, 0.25) is 5.54 Å². The Morgan fingerprint density at radius 1 is 1.21 bits per heavy atom. The van der Waals surface area contributed by atoms with Crippen LogP contribution in [-0.2, 0) is 0 Å². The van der Waals surface area contributed by atoms with Crippen molar-refractivity contribution in [1.29, 1.82) is 0 Å². The number of rotatable bonds is 4. The quantitative estimate of drug-likeness (QED) is 0.683. The molecule has 0 radical (unpaired) electrons. The molecule has 1 nitrogen and oxygen atoms in total. The van der Waals surface area contributed by atoms with Gasteiger partial charge in [0.25, 0.3) is 0 Å². The summed E-state index contributed by atoms with van der Waals surface area (Å²) in [6, 6.07) is 11.0. The zero-order valence-electron chi connectivity index (χ0n) is 9.70. The maximum absolute atomic E-state index is 2.45. The molecule has 0 aromatic heterocycles. The summed E-state index contributed by atoms with van der Waals surface area (Å²) in [5.74, 6) is 0. The molecule has 0 aliphatic heterocycles. The molecule has 2 atom stereocenters. The van der Waals surface area contributed by atoms with Crippen molar-refractivity contribution in [2.45, 2.75) is 25.8 Å². The number of benzene rings is 1. The van der Waals surface area contributed by atoms with Gasteiger partial charge in [0.05, 0.1) is 0 Å². The molecule has 0 N–H and O–H groups in total. The van der Waals surface area contributed by atoms with Crippen molar-refractivity contribution < 1.29 is 0 Å². The highest BCUT2D eigenvalue weighted by molar-refractivity contribution is 6.71. The van der Waals surface area contributed by atoms with Crippen LogP contribution in [0.1, 0.15) is 20.3 Å². The van der Waals surface area contributed by atoms with Crippen LogP contribution < -0.4 is 5.19 Å². The van der Waals surface area contributed by atoms with E-state index in [9.17, 15) is 0 Å². The van der Waals surface area contributed by atoms with E-state index in [1.807, 2.05) is 0 Å². The Balaban J connectivity index is 2.89. The Labute approximate surface area is 89.4 Å². The fourth-order valence-electron chi connectivity index (χ4n) is 2.01. The molecule has 0 bridgehead atoms. The van der Waals surface area contributed by atoms with Crippen LogP contribution in [0.25, 0.3) is 0 Å². The minimum Gasteiger partial charge on any atom is -0.328 e. The molecule has 1 rings (SSSR count). The highest BCUT2D eigenvalue weighted by Crippen LogP contribution is 2.14. The third-order valence-electron chi connectivity index (χ3n) is 2.88. The van der Waals surface area contributed by atoms with Crippen LogP contribution >= 0.6 is 0 Å². The number of hydrogen-bond acceptors (Lipinski definition) is 1. The summed E-state index contributed by atoms with van der Waals surface area (Å²) < 4.78 is 2.45. The van der Waals surface area contributed by atoms with Crippen LogP contribution in [0.5, 0.6) is 0 Å². The topological polar surface area (TPSA) is 3.24 Å². The first kappa shape index (κ1) is 11.5. The van der Waals surface area contributed by atoms with Crippen LogP contribution in [0, 0.1) is 0 Å². The van der Waals surface area contributed by atoms with Gasteiger partial charge in [-0.25, -0.2) is 0 Å². The highest BCUT2D eigenvalue weighted by atomic mass is 28.3. The minimum absolute atomic E-state index is 0.840. The smallest absolute Gasteiger partial charge is 0.146 e. The Kier molecular flexibility index (Phi) is 4.36. The van der Waals surface area contributed by atoms with Gasteiger partial charge in [0.1, 0.15) is 8.96 Å². The molecule has 1 aromatic rings. The van der Waals surface area contributed by atoms with E-state index in [0.717, 1.165) is 5.54 Å². The second-order valence-corrected chi connectivity index (χ2v) is 7.93. The summed E-state index contributed by atoms with van der Waals surface area (Å²) in [5, 5.41) is 1.56. The molecule has 0 spiro atoms. The fraction of sp³-hybridized carbons (Fsp3) is 0.500. The van der Waals surface area contributed by atoms with Gasteiger partial charge >= 0.3 is 0 Å². The standard InChI is InChI=1S/C12H21NSi/c1-5-11(2)14(13(3)4)12-9-7-6-8-10-12/h6-11,14H,5H2,1-4H3. The summed E-state index contributed by atoms with van der Waals surface area (Å²) >= 11 is 0. The molecule has 1 aromatic carbocycles. The van der Waals surface area contributed by atoms with E-state index in [0.29, 0.717) is 0 Å². The average molecular weight is 207 g/mol. The molecule has 0 fully saturated rings. The molecule has 0 saturated heterocycles. The molecule has 14 heavy (non-hydrogen) atoms. The Morgan fingerprint density at radius 2 is 1.79 bits per heavy atom. The Morgan fingerprint density at radius 3 is 2.21 bits per heavy atom. The lowest BCUT2D eigenvalue weighted by atomic mass is 10.4. The fourth-order valence-corrected chi connectivity index (χ4v) is 5.34. The van der Waals surface area contributed by atoms with Crippen LogP contribution in [-0.4, -0.2) is 27.6 Å². The lowest BCUT2D eigenvalue weighted by Gasteiger charge is -2.28. The number of hydrogen-bond donors (Lipinski definition) is 0. The monoisotopic (exact) mass is 207 g/mol.